The molecule has 2 rings (SSSR count). The first-order valence-corrected chi connectivity index (χ1v) is 6.76. The normalized spacial score (nSPS) is 11.8. The van der Waals surface area contributed by atoms with E-state index in [0.29, 0.717) is 5.56 Å². The van der Waals surface area contributed by atoms with E-state index < -0.39 is 0 Å². The van der Waals surface area contributed by atoms with Gasteiger partial charge in [-0.15, -0.1) is 0 Å². The number of nitrogens with zero attached hydrogens (tertiary/aromatic N) is 3. The minimum absolute atomic E-state index is 0.0995. The molecule has 7 heteroatoms. The fourth-order valence-electron chi connectivity index (χ4n) is 1.40. The van der Waals surface area contributed by atoms with Crippen LogP contribution in [0.1, 0.15) is 17.0 Å². The standard InChI is InChI=1S/C11H12N4OS2/c1-6-3-4-9(8(5-6)10(12)14-16)17-11-13-7(2)15-18-11/h3-5,16H,1-2H3,(H2,12,14). The van der Waals surface area contributed by atoms with Crippen molar-refractivity contribution >= 4 is 29.1 Å². The largest absolute Gasteiger partial charge is 0.409 e. The molecule has 0 bridgehead atoms. The Morgan fingerprint density at radius 1 is 1.44 bits per heavy atom. The van der Waals surface area contributed by atoms with E-state index in [2.05, 4.69) is 14.5 Å². The molecule has 1 aromatic heterocycles. The van der Waals surface area contributed by atoms with Crippen LogP contribution in [0, 0.1) is 13.8 Å². The average Bonchev–Trinajstić information content (AvgIpc) is 2.76. The van der Waals surface area contributed by atoms with Crippen molar-refractivity contribution in [3.8, 4) is 0 Å². The van der Waals surface area contributed by atoms with E-state index in [1.807, 2.05) is 32.0 Å². The summed E-state index contributed by atoms with van der Waals surface area (Å²) < 4.78 is 4.96. The lowest BCUT2D eigenvalue weighted by molar-refractivity contribution is 0.318. The van der Waals surface area contributed by atoms with Crippen LogP contribution in [0.3, 0.4) is 0 Å². The van der Waals surface area contributed by atoms with Gasteiger partial charge in [0.1, 0.15) is 5.82 Å². The van der Waals surface area contributed by atoms with Gasteiger partial charge in [-0.1, -0.05) is 28.5 Å². The van der Waals surface area contributed by atoms with Crippen molar-refractivity contribution in [3.63, 3.8) is 0 Å². The van der Waals surface area contributed by atoms with Gasteiger partial charge in [0.15, 0.2) is 10.2 Å². The lowest BCUT2D eigenvalue weighted by Crippen LogP contribution is -2.14. The smallest absolute Gasteiger partial charge is 0.174 e. The van der Waals surface area contributed by atoms with Gasteiger partial charge >= 0.3 is 0 Å². The number of aryl methyl sites for hydroxylation is 2. The summed E-state index contributed by atoms with van der Waals surface area (Å²) in [6.45, 7) is 3.80. The molecule has 94 valence electrons. The molecule has 18 heavy (non-hydrogen) atoms. The fraction of sp³-hybridized carbons (Fsp3) is 0.182. The van der Waals surface area contributed by atoms with Crippen LogP contribution in [-0.4, -0.2) is 20.4 Å². The molecule has 0 unspecified atom stereocenters. The van der Waals surface area contributed by atoms with Crippen LogP contribution in [0.4, 0.5) is 0 Å². The number of aromatic nitrogens is 2. The summed E-state index contributed by atoms with van der Waals surface area (Å²) >= 11 is 2.80. The van der Waals surface area contributed by atoms with E-state index in [-0.39, 0.29) is 5.84 Å². The zero-order valence-corrected chi connectivity index (χ0v) is 11.5. The highest BCUT2D eigenvalue weighted by Crippen LogP contribution is 2.31. The van der Waals surface area contributed by atoms with Crippen molar-refractivity contribution in [2.75, 3.05) is 0 Å². The third kappa shape index (κ3) is 2.80. The molecule has 0 atom stereocenters. The molecular weight excluding hydrogens is 268 g/mol. The number of nitrogens with two attached hydrogens (primary N) is 1. The highest BCUT2D eigenvalue weighted by atomic mass is 32.2. The molecule has 0 amide bonds. The van der Waals surface area contributed by atoms with Crippen LogP contribution in [0.2, 0.25) is 0 Å². The van der Waals surface area contributed by atoms with Crippen LogP contribution >= 0.6 is 23.3 Å². The second-order valence-corrected chi connectivity index (χ2v) is 5.74. The Bertz CT molecular complexity index is 594. The fourth-order valence-corrected chi connectivity index (χ4v) is 3.13. The second kappa shape index (κ2) is 5.36. The maximum Gasteiger partial charge on any atom is 0.174 e. The van der Waals surface area contributed by atoms with Crippen LogP contribution < -0.4 is 5.73 Å². The molecular formula is C11H12N4OS2. The molecule has 2 aromatic rings. The number of rotatable bonds is 3. The summed E-state index contributed by atoms with van der Waals surface area (Å²) in [7, 11) is 0. The van der Waals surface area contributed by atoms with Gasteiger partial charge in [-0.05, 0) is 37.5 Å². The Kier molecular flexibility index (Phi) is 3.83. The average molecular weight is 280 g/mol. The van der Waals surface area contributed by atoms with Crippen molar-refractivity contribution < 1.29 is 5.21 Å². The summed E-state index contributed by atoms with van der Waals surface area (Å²) in [5.74, 6) is 0.849. The predicted molar refractivity (Wildman–Crippen MR) is 72.5 cm³/mol. The molecule has 1 aromatic carbocycles. The van der Waals surface area contributed by atoms with E-state index in [9.17, 15) is 0 Å². The monoisotopic (exact) mass is 280 g/mol. The van der Waals surface area contributed by atoms with Crippen molar-refractivity contribution in [1.82, 2.24) is 9.36 Å². The number of oxime groups is 1. The zero-order valence-electron chi connectivity index (χ0n) is 9.91. The third-order valence-corrected chi connectivity index (χ3v) is 4.14. The maximum atomic E-state index is 8.80. The second-order valence-electron chi connectivity index (χ2n) is 3.69. The summed E-state index contributed by atoms with van der Waals surface area (Å²) in [6, 6.07) is 5.79. The minimum Gasteiger partial charge on any atom is -0.409 e. The Labute approximate surface area is 113 Å². The number of amidine groups is 1. The predicted octanol–water partition coefficient (Wildman–Crippen LogP) is 2.40. The maximum absolute atomic E-state index is 8.80. The number of benzene rings is 1. The van der Waals surface area contributed by atoms with Crippen molar-refractivity contribution in [1.29, 1.82) is 0 Å². The van der Waals surface area contributed by atoms with Crippen LogP contribution in [0.15, 0.2) is 32.6 Å². The molecule has 0 radical (unpaired) electrons. The van der Waals surface area contributed by atoms with Crippen LogP contribution in [0.5, 0.6) is 0 Å². The number of hydrogen-bond donors (Lipinski definition) is 2. The van der Waals surface area contributed by atoms with E-state index in [1.165, 1.54) is 23.3 Å². The summed E-state index contributed by atoms with van der Waals surface area (Å²) in [5.41, 5.74) is 7.43. The minimum atomic E-state index is 0.0995. The molecule has 0 aliphatic heterocycles. The quantitative estimate of drug-likeness (QED) is 0.390. The van der Waals surface area contributed by atoms with Gasteiger partial charge in [0.25, 0.3) is 0 Å². The first-order chi connectivity index (χ1) is 8.60. The van der Waals surface area contributed by atoms with Crippen molar-refractivity contribution in [2.24, 2.45) is 10.9 Å². The molecule has 0 aliphatic rings. The molecule has 0 saturated heterocycles. The molecule has 0 spiro atoms. The van der Waals surface area contributed by atoms with E-state index in [1.54, 1.807) is 0 Å². The van der Waals surface area contributed by atoms with Gasteiger partial charge in [-0.2, -0.15) is 4.37 Å². The molecule has 0 fully saturated rings. The summed E-state index contributed by atoms with van der Waals surface area (Å²) in [6.07, 6.45) is 0. The lowest BCUT2D eigenvalue weighted by Gasteiger charge is -2.07. The zero-order chi connectivity index (χ0) is 13.1. The Balaban J connectivity index is 2.38. The van der Waals surface area contributed by atoms with Gasteiger partial charge in [-0.3, -0.25) is 0 Å². The lowest BCUT2D eigenvalue weighted by atomic mass is 10.1. The highest BCUT2D eigenvalue weighted by molar-refractivity contribution is 8.01. The number of hydrogen-bond acceptors (Lipinski definition) is 6. The SMILES string of the molecule is Cc1ccc(Sc2nc(C)ns2)c(/C(N)=N/O)c1. The van der Waals surface area contributed by atoms with Crippen molar-refractivity contribution in [3.05, 3.63) is 35.2 Å². The van der Waals surface area contributed by atoms with Gasteiger partial charge in [0.2, 0.25) is 0 Å². The van der Waals surface area contributed by atoms with Gasteiger partial charge in [0.05, 0.1) is 0 Å². The Morgan fingerprint density at radius 2 is 2.22 bits per heavy atom. The third-order valence-electron chi connectivity index (χ3n) is 2.22. The van der Waals surface area contributed by atoms with Gasteiger partial charge in [-0.25, -0.2) is 4.98 Å². The van der Waals surface area contributed by atoms with Crippen molar-refractivity contribution in [2.45, 2.75) is 23.1 Å². The molecule has 5 nitrogen and oxygen atoms in total. The topological polar surface area (TPSA) is 84.4 Å². The van der Waals surface area contributed by atoms with Gasteiger partial charge in [0, 0.05) is 10.5 Å². The van der Waals surface area contributed by atoms with E-state index >= 15 is 0 Å². The molecule has 0 saturated carbocycles. The van der Waals surface area contributed by atoms with Crippen LogP contribution in [-0.2, 0) is 0 Å². The molecule has 3 N–H and O–H groups in total. The molecule has 1 heterocycles. The highest BCUT2D eigenvalue weighted by Gasteiger charge is 2.11. The van der Waals surface area contributed by atoms with E-state index in [4.69, 9.17) is 10.9 Å². The first-order valence-electron chi connectivity index (χ1n) is 5.17. The Hall–Kier alpha value is -1.60. The first kappa shape index (κ1) is 12.8. The summed E-state index contributed by atoms with van der Waals surface area (Å²) in [5, 5.41) is 11.9. The van der Waals surface area contributed by atoms with Crippen LogP contribution in [0.25, 0.3) is 0 Å². The summed E-state index contributed by atoms with van der Waals surface area (Å²) in [4.78, 5) is 5.18. The molecule has 0 aliphatic carbocycles. The Morgan fingerprint density at radius 3 is 2.83 bits per heavy atom. The van der Waals surface area contributed by atoms with Gasteiger partial charge < -0.3 is 10.9 Å². The van der Waals surface area contributed by atoms with E-state index in [0.717, 1.165) is 20.6 Å².